The largest absolute Gasteiger partial charge is 0.375 e. The molecule has 1 fully saturated rings. The minimum Gasteiger partial charge on any atom is -0.375 e. The van der Waals surface area contributed by atoms with Crippen molar-refractivity contribution in [1.82, 2.24) is 15.1 Å². The van der Waals surface area contributed by atoms with Crippen molar-refractivity contribution < 1.29 is 0 Å². The lowest BCUT2D eigenvalue weighted by molar-refractivity contribution is 0.208. The number of nitrogens with zero attached hydrogens (tertiary/aromatic N) is 3. The van der Waals surface area contributed by atoms with Crippen LogP contribution in [0.4, 0.5) is 0 Å². The van der Waals surface area contributed by atoms with Crippen LogP contribution >= 0.6 is 11.8 Å². The van der Waals surface area contributed by atoms with Crippen LogP contribution in [-0.4, -0.2) is 60.5 Å². The van der Waals surface area contributed by atoms with E-state index in [9.17, 15) is 0 Å². The Morgan fingerprint density at radius 3 is 2.73 bits per heavy atom. The van der Waals surface area contributed by atoms with Gasteiger partial charge in [-0.15, -0.1) is 11.8 Å². The summed E-state index contributed by atoms with van der Waals surface area (Å²) in [4.78, 5) is 8.96. The van der Waals surface area contributed by atoms with Crippen LogP contribution in [0.5, 0.6) is 0 Å². The Bertz CT molecular complexity index is 569. The number of likely N-dealkylation sites (N-methyl/N-ethyl adjacent to an activating group) is 1. The highest BCUT2D eigenvalue weighted by atomic mass is 32.2. The Morgan fingerprint density at radius 2 is 2.15 bits per heavy atom. The van der Waals surface area contributed by atoms with Crippen molar-refractivity contribution in [3.8, 4) is 0 Å². The number of hydrogen-bond donors (Lipinski definition) is 2. The molecule has 3 N–H and O–H groups in total. The third-order valence-corrected chi connectivity index (χ3v) is 5.83. The lowest BCUT2D eigenvalue weighted by atomic mass is 9.90. The molecule has 2 aliphatic rings. The molecule has 0 radical (unpaired) electrons. The fourth-order valence-electron chi connectivity index (χ4n) is 3.32. The molecule has 0 amide bonds. The fraction of sp³-hybridized carbons (Fsp3) is 0.650. The maximum Gasteiger partial charge on any atom is 0.0742 e. The van der Waals surface area contributed by atoms with Gasteiger partial charge in [0.05, 0.1) is 23.1 Å². The van der Waals surface area contributed by atoms with E-state index in [4.69, 9.17) is 5.73 Å². The molecule has 0 spiro atoms. The van der Waals surface area contributed by atoms with Gasteiger partial charge in [0.15, 0.2) is 0 Å². The van der Waals surface area contributed by atoms with Crippen molar-refractivity contribution in [3.63, 3.8) is 0 Å². The van der Waals surface area contributed by atoms with Crippen LogP contribution in [0.15, 0.2) is 39.8 Å². The van der Waals surface area contributed by atoms with Gasteiger partial charge in [0, 0.05) is 38.4 Å². The van der Waals surface area contributed by atoms with Crippen molar-refractivity contribution in [1.29, 1.82) is 0 Å². The molecule has 2 heterocycles. The van der Waals surface area contributed by atoms with Crippen LogP contribution in [0.1, 0.15) is 40.0 Å². The van der Waals surface area contributed by atoms with Gasteiger partial charge in [-0.25, -0.2) is 0 Å². The molecular weight excluding hydrogens is 342 g/mol. The SMILES string of the molecule is C=N/C(=C\SCC)C(CC)NC1=CN(C)CC=C1N1CCC(C)(N)CC1. The van der Waals surface area contributed by atoms with Gasteiger partial charge in [-0.3, -0.25) is 4.99 Å². The lowest BCUT2D eigenvalue weighted by Gasteiger charge is -2.41. The molecule has 0 aliphatic carbocycles. The number of thioether (sulfide) groups is 1. The standard InChI is InChI=1S/C20H35N5S/c1-6-16(18(22-4)15-26-7-2)23-17-14-24(5)11-8-19(17)25-12-9-20(3,21)10-13-25/h8,14-16,23H,4,6-7,9-13,21H2,1-3,5H3/b18-15-. The number of likely N-dealkylation sites (tertiary alicyclic amines) is 1. The number of aliphatic imine (C=N–C) groups is 1. The average Bonchev–Trinajstić information content (AvgIpc) is 2.62. The second-order valence-corrected chi connectivity index (χ2v) is 8.62. The van der Waals surface area contributed by atoms with Crippen LogP contribution < -0.4 is 11.1 Å². The molecule has 5 nitrogen and oxygen atoms in total. The van der Waals surface area contributed by atoms with Gasteiger partial charge in [0.2, 0.25) is 0 Å². The van der Waals surface area contributed by atoms with Gasteiger partial charge in [0.25, 0.3) is 0 Å². The first kappa shape index (κ1) is 20.9. The average molecular weight is 378 g/mol. The second kappa shape index (κ2) is 9.51. The van der Waals surface area contributed by atoms with Crippen LogP contribution in [0.2, 0.25) is 0 Å². The minimum absolute atomic E-state index is 0.0359. The summed E-state index contributed by atoms with van der Waals surface area (Å²) in [6, 6.07) is 0.164. The van der Waals surface area contributed by atoms with E-state index in [-0.39, 0.29) is 11.6 Å². The van der Waals surface area contributed by atoms with Gasteiger partial charge in [-0.05, 0) is 50.1 Å². The highest BCUT2D eigenvalue weighted by molar-refractivity contribution is 8.02. The van der Waals surface area contributed by atoms with Gasteiger partial charge >= 0.3 is 0 Å². The Kier molecular flexibility index (Phi) is 7.65. The van der Waals surface area contributed by atoms with Crippen LogP contribution in [0.25, 0.3) is 0 Å². The van der Waals surface area contributed by atoms with Crippen molar-refractivity contribution in [3.05, 3.63) is 34.8 Å². The second-order valence-electron chi connectivity index (χ2n) is 7.47. The third kappa shape index (κ3) is 5.55. The maximum atomic E-state index is 6.32. The summed E-state index contributed by atoms with van der Waals surface area (Å²) in [5.41, 5.74) is 9.76. The number of nitrogens with two attached hydrogens (primary N) is 1. The van der Waals surface area contributed by atoms with Crippen molar-refractivity contribution in [2.24, 2.45) is 10.7 Å². The summed E-state index contributed by atoms with van der Waals surface area (Å²) in [6.45, 7) is 13.2. The Labute approximate surface area is 163 Å². The van der Waals surface area contributed by atoms with E-state index in [1.807, 2.05) is 0 Å². The Morgan fingerprint density at radius 1 is 1.46 bits per heavy atom. The van der Waals surface area contributed by atoms with E-state index >= 15 is 0 Å². The zero-order chi connectivity index (χ0) is 19.2. The fourth-order valence-corrected chi connectivity index (χ4v) is 3.90. The number of nitrogens with one attached hydrogen (secondary N) is 1. The van der Waals surface area contributed by atoms with Crippen molar-refractivity contribution >= 4 is 18.5 Å². The number of hydrogen-bond acceptors (Lipinski definition) is 6. The molecule has 0 saturated carbocycles. The molecule has 146 valence electrons. The monoisotopic (exact) mass is 377 g/mol. The molecule has 0 aromatic carbocycles. The number of rotatable bonds is 8. The van der Waals surface area contributed by atoms with Crippen LogP contribution in [0, 0.1) is 0 Å². The Hall–Kier alpha value is -1.40. The molecule has 1 unspecified atom stereocenters. The Balaban J connectivity index is 2.15. The highest BCUT2D eigenvalue weighted by Gasteiger charge is 2.29. The topological polar surface area (TPSA) is 56.9 Å². The quantitative estimate of drug-likeness (QED) is 0.637. The molecule has 0 aromatic rings. The van der Waals surface area contributed by atoms with Crippen LogP contribution in [0.3, 0.4) is 0 Å². The summed E-state index contributed by atoms with van der Waals surface area (Å²) < 4.78 is 0. The van der Waals surface area contributed by atoms with E-state index in [0.29, 0.717) is 0 Å². The van der Waals surface area contributed by atoms with Gasteiger partial charge in [-0.2, -0.15) is 0 Å². The zero-order valence-electron chi connectivity index (χ0n) is 16.8. The van der Waals surface area contributed by atoms with Gasteiger partial charge in [0.1, 0.15) is 0 Å². The van der Waals surface area contributed by atoms with E-state index in [2.05, 4.69) is 72.3 Å². The molecule has 0 aromatic heterocycles. The van der Waals surface area contributed by atoms with E-state index in [1.165, 1.54) is 11.4 Å². The first-order chi connectivity index (χ1) is 12.4. The first-order valence-corrected chi connectivity index (χ1v) is 10.7. The molecule has 1 atom stereocenters. The van der Waals surface area contributed by atoms with Gasteiger partial charge in [-0.1, -0.05) is 13.8 Å². The molecule has 2 rings (SSSR count). The molecule has 2 aliphatic heterocycles. The molecular formula is C20H35N5S. The van der Waals surface area contributed by atoms with Crippen molar-refractivity contribution in [2.75, 3.05) is 32.4 Å². The smallest absolute Gasteiger partial charge is 0.0742 e. The number of piperidine rings is 1. The summed E-state index contributed by atoms with van der Waals surface area (Å²) in [5, 5.41) is 5.86. The predicted octanol–water partition coefficient (Wildman–Crippen LogP) is 3.13. The molecule has 6 heteroatoms. The van der Waals surface area contributed by atoms with Crippen molar-refractivity contribution in [2.45, 2.75) is 51.6 Å². The normalized spacial score (nSPS) is 21.8. The minimum atomic E-state index is -0.0359. The van der Waals surface area contributed by atoms with E-state index < -0.39 is 0 Å². The lowest BCUT2D eigenvalue weighted by Crippen LogP contribution is -2.49. The zero-order valence-corrected chi connectivity index (χ0v) is 17.6. The molecule has 1 saturated heterocycles. The predicted molar refractivity (Wildman–Crippen MR) is 115 cm³/mol. The summed E-state index contributed by atoms with van der Waals surface area (Å²) >= 11 is 1.77. The first-order valence-electron chi connectivity index (χ1n) is 9.61. The summed E-state index contributed by atoms with van der Waals surface area (Å²) in [5.74, 6) is 1.04. The van der Waals surface area contributed by atoms with Gasteiger partial charge < -0.3 is 20.9 Å². The summed E-state index contributed by atoms with van der Waals surface area (Å²) in [7, 11) is 2.11. The maximum absolute atomic E-state index is 6.32. The highest BCUT2D eigenvalue weighted by Crippen LogP contribution is 2.27. The molecule has 0 bridgehead atoms. The van der Waals surface area contributed by atoms with E-state index in [0.717, 1.165) is 50.3 Å². The van der Waals surface area contributed by atoms with Crippen LogP contribution in [-0.2, 0) is 0 Å². The third-order valence-electron chi connectivity index (χ3n) is 5.09. The summed E-state index contributed by atoms with van der Waals surface area (Å²) in [6.07, 6.45) is 7.54. The molecule has 26 heavy (non-hydrogen) atoms. The van der Waals surface area contributed by atoms with E-state index in [1.54, 1.807) is 11.8 Å².